The molecule has 0 bridgehead atoms. The first-order chi connectivity index (χ1) is 14.7. The highest BCUT2D eigenvalue weighted by Gasteiger charge is 2.15. The molecule has 1 heterocycles. The van der Waals surface area contributed by atoms with E-state index in [0.717, 1.165) is 22.5 Å². The number of aromatic amines is 1. The zero-order valence-electron chi connectivity index (χ0n) is 16.5. The highest BCUT2D eigenvalue weighted by molar-refractivity contribution is 7.99. The number of benzene rings is 3. The van der Waals surface area contributed by atoms with Crippen LogP contribution in [0.25, 0.3) is 22.5 Å². The van der Waals surface area contributed by atoms with Crippen molar-refractivity contribution in [3.05, 3.63) is 84.9 Å². The van der Waals surface area contributed by atoms with Crippen LogP contribution in [0.15, 0.2) is 90.1 Å². The molecule has 2 N–H and O–H groups in total. The van der Waals surface area contributed by atoms with Gasteiger partial charge in [0.25, 0.3) is 0 Å². The van der Waals surface area contributed by atoms with E-state index in [0.29, 0.717) is 16.6 Å². The van der Waals surface area contributed by atoms with E-state index in [-0.39, 0.29) is 11.7 Å². The Kier molecular flexibility index (Phi) is 6.15. The number of hydrogen-bond donors (Lipinski definition) is 2. The van der Waals surface area contributed by atoms with Crippen LogP contribution in [0.2, 0.25) is 0 Å². The van der Waals surface area contributed by atoms with E-state index in [1.54, 1.807) is 13.2 Å². The fourth-order valence-electron chi connectivity index (χ4n) is 3.07. The fourth-order valence-corrected chi connectivity index (χ4v) is 3.74. The third-order valence-electron chi connectivity index (χ3n) is 4.49. The molecule has 0 aliphatic carbocycles. The van der Waals surface area contributed by atoms with E-state index in [2.05, 4.69) is 10.3 Å². The van der Waals surface area contributed by atoms with Crippen molar-refractivity contribution < 1.29 is 9.53 Å². The number of carbonyl (C=O) groups is 1. The number of thioether (sulfide) groups is 1. The van der Waals surface area contributed by atoms with Gasteiger partial charge in [-0.25, -0.2) is 4.98 Å². The standard InChI is InChI=1S/C24H21N3O2S/c1-29-20-14-8-13-19(15-20)25-21(28)16-30-24-26-22(17-9-4-2-5-10-17)23(27-24)18-11-6-3-7-12-18/h2-15H,16H2,1H3,(H,25,28)(H,26,27). The van der Waals surface area contributed by atoms with Gasteiger partial charge in [0.05, 0.1) is 24.3 Å². The number of H-pyrrole nitrogens is 1. The monoisotopic (exact) mass is 415 g/mol. The fraction of sp³-hybridized carbons (Fsp3) is 0.0833. The number of carbonyl (C=O) groups excluding carboxylic acids is 1. The topological polar surface area (TPSA) is 67.0 Å². The van der Waals surface area contributed by atoms with Crippen molar-refractivity contribution in [2.75, 3.05) is 18.2 Å². The number of amides is 1. The molecule has 6 heteroatoms. The smallest absolute Gasteiger partial charge is 0.234 e. The predicted octanol–water partition coefficient (Wildman–Crippen LogP) is 5.48. The predicted molar refractivity (Wildman–Crippen MR) is 122 cm³/mol. The third-order valence-corrected chi connectivity index (χ3v) is 5.36. The van der Waals surface area contributed by atoms with E-state index in [1.807, 2.05) is 78.9 Å². The van der Waals surface area contributed by atoms with Crippen LogP contribution in [-0.2, 0) is 4.79 Å². The minimum Gasteiger partial charge on any atom is -0.497 e. The number of rotatable bonds is 7. The van der Waals surface area contributed by atoms with E-state index in [1.165, 1.54) is 11.8 Å². The molecular weight excluding hydrogens is 394 g/mol. The minimum atomic E-state index is -0.104. The lowest BCUT2D eigenvalue weighted by atomic mass is 10.1. The summed E-state index contributed by atoms with van der Waals surface area (Å²) in [6, 6.07) is 27.4. The zero-order valence-corrected chi connectivity index (χ0v) is 17.3. The van der Waals surface area contributed by atoms with Crippen LogP contribution in [0, 0.1) is 0 Å². The number of nitrogens with zero attached hydrogens (tertiary/aromatic N) is 1. The van der Waals surface area contributed by atoms with Gasteiger partial charge in [0.2, 0.25) is 5.91 Å². The molecule has 0 saturated heterocycles. The van der Waals surface area contributed by atoms with Gasteiger partial charge in [-0.1, -0.05) is 78.5 Å². The molecule has 4 rings (SSSR count). The first-order valence-corrected chi connectivity index (χ1v) is 10.5. The summed E-state index contributed by atoms with van der Waals surface area (Å²) < 4.78 is 5.19. The Morgan fingerprint density at radius 3 is 2.37 bits per heavy atom. The van der Waals surface area contributed by atoms with Crippen molar-refractivity contribution in [2.24, 2.45) is 0 Å². The Balaban J connectivity index is 1.52. The second-order valence-electron chi connectivity index (χ2n) is 6.57. The molecule has 0 fully saturated rings. The van der Waals surface area contributed by atoms with Crippen LogP contribution < -0.4 is 10.1 Å². The summed E-state index contributed by atoms with van der Waals surface area (Å²) in [4.78, 5) is 20.6. The average molecular weight is 416 g/mol. The molecule has 0 aliphatic rings. The number of imidazole rings is 1. The SMILES string of the molecule is COc1cccc(NC(=O)CSc2nc(-c3ccccc3)c(-c3ccccc3)[nH]2)c1. The van der Waals surface area contributed by atoms with Gasteiger partial charge in [-0.3, -0.25) is 4.79 Å². The summed E-state index contributed by atoms with van der Waals surface area (Å²) in [6.07, 6.45) is 0. The molecule has 0 aliphatic heterocycles. The Morgan fingerprint density at radius 1 is 0.967 bits per heavy atom. The van der Waals surface area contributed by atoms with Crippen LogP contribution >= 0.6 is 11.8 Å². The van der Waals surface area contributed by atoms with E-state index < -0.39 is 0 Å². The molecule has 4 aromatic rings. The zero-order chi connectivity index (χ0) is 20.8. The molecule has 0 unspecified atom stereocenters. The van der Waals surface area contributed by atoms with Crippen molar-refractivity contribution in [3.63, 3.8) is 0 Å². The first kappa shape index (κ1) is 19.8. The molecule has 0 spiro atoms. The molecular formula is C24H21N3O2S. The van der Waals surface area contributed by atoms with Crippen LogP contribution in [0.4, 0.5) is 5.69 Å². The second kappa shape index (κ2) is 9.33. The largest absolute Gasteiger partial charge is 0.497 e. The van der Waals surface area contributed by atoms with Gasteiger partial charge in [0, 0.05) is 22.9 Å². The van der Waals surface area contributed by atoms with Crippen molar-refractivity contribution in [3.8, 4) is 28.3 Å². The highest BCUT2D eigenvalue weighted by Crippen LogP contribution is 2.32. The maximum absolute atomic E-state index is 12.4. The van der Waals surface area contributed by atoms with Crippen molar-refractivity contribution in [1.29, 1.82) is 0 Å². The van der Waals surface area contributed by atoms with Gasteiger partial charge in [0.15, 0.2) is 5.16 Å². The summed E-state index contributed by atoms with van der Waals surface area (Å²) in [5, 5.41) is 3.59. The van der Waals surface area contributed by atoms with Crippen molar-refractivity contribution in [2.45, 2.75) is 5.16 Å². The molecule has 0 saturated carbocycles. The summed E-state index contributed by atoms with van der Waals surface area (Å²) in [7, 11) is 1.60. The van der Waals surface area contributed by atoms with Crippen LogP contribution in [0.3, 0.4) is 0 Å². The summed E-state index contributed by atoms with van der Waals surface area (Å²) >= 11 is 1.37. The van der Waals surface area contributed by atoms with E-state index in [9.17, 15) is 4.79 Å². The molecule has 0 radical (unpaired) electrons. The van der Waals surface area contributed by atoms with E-state index >= 15 is 0 Å². The lowest BCUT2D eigenvalue weighted by molar-refractivity contribution is -0.113. The Morgan fingerprint density at radius 2 is 1.67 bits per heavy atom. The molecule has 30 heavy (non-hydrogen) atoms. The number of hydrogen-bond acceptors (Lipinski definition) is 4. The van der Waals surface area contributed by atoms with Gasteiger partial charge in [-0.2, -0.15) is 0 Å². The maximum atomic E-state index is 12.4. The molecule has 5 nitrogen and oxygen atoms in total. The number of anilines is 1. The third kappa shape index (κ3) is 4.72. The van der Waals surface area contributed by atoms with Gasteiger partial charge >= 0.3 is 0 Å². The Hall–Kier alpha value is -3.51. The summed E-state index contributed by atoms with van der Waals surface area (Å²) in [5.41, 5.74) is 4.60. The molecule has 0 atom stereocenters. The normalized spacial score (nSPS) is 10.6. The summed E-state index contributed by atoms with van der Waals surface area (Å²) in [5.74, 6) is 0.839. The first-order valence-electron chi connectivity index (χ1n) is 9.50. The highest BCUT2D eigenvalue weighted by atomic mass is 32.2. The summed E-state index contributed by atoms with van der Waals surface area (Å²) in [6.45, 7) is 0. The number of methoxy groups -OCH3 is 1. The molecule has 1 amide bonds. The van der Waals surface area contributed by atoms with Gasteiger partial charge in [-0.15, -0.1) is 0 Å². The van der Waals surface area contributed by atoms with Gasteiger partial charge in [-0.05, 0) is 12.1 Å². The maximum Gasteiger partial charge on any atom is 0.234 e. The molecule has 150 valence electrons. The second-order valence-corrected chi connectivity index (χ2v) is 7.53. The van der Waals surface area contributed by atoms with Crippen molar-refractivity contribution >= 4 is 23.4 Å². The molecule has 3 aromatic carbocycles. The number of nitrogens with one attached hydrogen (secondary N) is 2. The Labute approximate surface area is 179 Å². The van der Waals surface area contributed by atoms with Crippen LogP contribution in [0.5, 0.6) is 5.75 Å². The van der Waals surface area contributed by atoms with Crippen molar-refractivity contribution in [1.82, 2.24) is 9.97 Å². The number of aromatic nitrogens is 2. The number of ether oxygens (including phenoxy) is 1. The van der Waals surface area contributed by atoms with E-state index in [4.69, 9.17) is 9.72 Å². The van der Waals surface area contributed by atoms with Crippen LogP contribution in [0.1, 0.15) is 0 Å². The van der Waals surface area contributed by atoms with Gasteiger partial charge in [0.1, 0.15) is 5.75 Å². The molecule has 1 aromatic heterocycles. The minimum absolute atomic E-state index is 0.104. The Bertz CT molecular complexity index is 1070. The van der Waals surface area contributed by atoms with Crippen LogP contribution in [-0.4, -0.2) is 28.7 Å². The lowest BCUT2D eigenvalue weighted by Crippen LogP contribution is -2.14. The lowest BCUT2D eigenvalue weighted by Gasteiger charge is -2.06. The quantitative estimate of drug-likeness (QED) is 0.392. The average Bonchev–Trinajstić information content (AvgIpc) is 3.23. The van der Waals surface area contributed by atoms with Gasteiger partial charge < -0.3 is 15.0 Å².